The van der Waals surface area contributed by atoms with Crippen LogP contribution in [0.4, 0.5) is 30.2 Å². The third-order valence-corrected chi connectivity index (χ3v) is 5.05. The quantitative estimate of drug-likeness (QED) is 0.491. The zero-order valence-corrected chi connectivity index (χ0v) is 16.1. The van der Waals surface area contributed by atoms with Crippen LogP contribution in [0.2, 0.25) is 0 Å². The summed E-state index contributed by atoms with van der Waals surface area (Å²) in [6.07, 6.45) is -4.44. The van der Waals surface area contributed by atoms with E-state index >= 15 is 0 Å². The van der Waals surface area contributed by atoms with Gasteiger partial charge in [0.1, 0.15) is 5.54 Å². The number of aryl methyl sites for hydroxylation is 1. The van der Waals surface area contributed by atoms with Crippen molar-refractivity contribution in [2.24, 2.45) is 0 Å². The number of amides is 1. The van der Waals surface area contributed by atoms with E-state index in [1.807, 2.05) is 0 Å². The molecule has 0 aliphatic carbocycles. The number of carbonyl (C=O) groups excluding carboxylic acids is 1. The lowest BCUT2D eigenvalue weighted by atomic mass is 10.0. The Morgan fingerprint density at radius 2 is 1.64 bits per heavy atom. The molecule has 144 valence electrons. The van der Waals surface area contributed by atoms with Crippen molar-refractivity contribution in [3.05, 3.63) is 65.0 Å². The molecule has 2 aromatic carbocycles. The molecule has 28 heavy (non-hydrogen) atoms. The molecule has 1 fully saturated rings. The minimum Gasteiger partial charge on any atom is -0.304 e. The third kappa shape index (κ3) is 3.12. The van der Waals surface area contributed by atoms with E-state index in [9.17, 15) is 18.0 Å². The monoisotopic (exact) mass is 403 g/mol. The van der Waals surface area contributed by atoms with Crippen molar-refractivity contribution in [1.82, 2.24) is 0 Å². The minimum absolute atomic E-state index is 0.171. The minimum atomic E-state index is -4.44. The van der Waals surface area contributed by atoms with Gasteiger partial charge in [0.15, 0.2) is 10.8 Å². The van der Waals surface area contributed by atoms with Crippen LogP contribution in [0.25, 0.3) is 4.85 Å². The Morgan fingerprint density at radius 1 is 1.07 bits per heavy atom. The second kappa shape index (κ2) is 6.60. The number of benzene rings is 2. The molecule has 0 saturated carbocycles. The molecule has 0 atom stereocenters. The first-order chi connectivity index (χ1) is 13.0. The van der Waals surface area contributed by atoms with E-state index in [4.69, 9.17) is 18.8 Å². The normalized spacial score (nSPS) is 16.5. The molecule has 3 rings (SSSR count). The number of nitrogens with zero attached hydrogens (tertiary/aromatic N) is 3. The molecule has 1 heterocycles. The predicted octanol–water partition coefficient (Wildman–Crippen LogP) is 5.48. The van der Waals surface area contributed by atoms with Gasteiger partial charge in [-0.15, -0.1) is 0 Å². The average Bonchev–Trinajstić information content (AvgIpc) is 2.79. The molecular formula is C20H16F3N3OS. The summed E-state index contributed by atoms with van der Waals surface area (Å²) in [6, 6.07) is 9.50. The SMILES string of the molecule is [C-]#[N+]c1ccc(N2C(=O)C(C)(C)N(c3ccc(C(F)(F)F)cc3)C2=S)cc1C. The highest BCUT2D eigenvalue weighted by Crippen LogP contribution is 2.38. The summed E-state index contributed by atoms with van der Waals surface area (Å²) >= 11 is 5.51. The van der Waals surface area contributed by atoms with Gasteiger partial charge in [-0.05, 0) is 75.0 Å². The summed E-state index contributed by atoms with van der Waals surface area (Å²) in [4.78, 5) is 19.4. The van der Waals surface area contributed by atoms with Gasteiger partial charge in [-0.2, -0.15) is 13.2 Å². The van der Waals surface area contributed by atoms with Gasteiger partial charge >= 0.3 is 6.18 Å². The van der Waals surface area contributed by atoms with Crippen molar-refractivity contribution in [2.75, 3.05) is 9.80 Å². The molecule has 0 bridgehead atoms. The van der Waals surface area contributed by atoms with Gasteiger partial charge in [-0.1, -0.05) is 6.07 Å². The first-order valence-electron chi connectivity index (χ1n) is 8.32. The van der Waals surface area contributed by atoms with E-state index in [-0.39, 0.29) is 11.0 Å². The fourth-order valence-corrected chi connectivity index (χ4v) is 3.68. The maximum atomic E-state index is 13.1. The van der Waals surface area contributed by atoms with E-state index in [0.717, 1.165) is 12.1 Å². The molecule has 1 saturated heterocycles. The topological polar surface area (TPSA) is 27.9 Å². The molecular weight excluding hydrogens is 387 g/mol. The summed E-state index contributed by atoms with van der Waals surface area (Å²) < 4.78 is 38.5. The second-order valence-electron chi connectivity index (χ2n) is 6.94. The summed E-state index contributed by atoms with van der Waals surface area (Å²) in [7, 11) is 0. The van der Waals surface area contributed by atoms with Crippen LogP contribution in [0.5, 0.6) is 0 Å². The largest absolute Gasteiger partial charge is 0.416 e. The van der Waals surface area contributed by atoms with Crippen molar-refractivity contribution in [3.8, 4) is 0 Å². The number of hydrogen-bond acceptors (Lipinski definition) is 2. The zero-order valence-electron chi connectivity index (χ0n) is 15.3. The van der Waals surface area contributed by atoms with Crippen molar-refractivity contribution >= 4 is 40.3 Å². The molecule has 4 nitrogen and oxygen atoms in total. The van der Waals surface area contributed by atoms with Gasteiger partial charge in [-0.3, -0.25) is 9.69 Å². The zero-order chi connectivity index (χ0) is 20.9. The lowest BCUT2D eigenvalue weighted by Crippen LogP contribution is -2.44. The maximum Gasteiger partial charge on any atom is 0.416 e. The first-order valence-corrected chi connectivity index (χ1v) is 8.73. The summed E-state index contributed by atoms with van der Waals surface area (Å²) in [6.45, 7) is 12.2. The van der Waals surface area contributed by atoms with Crippen molar-refractivity contribution in [1.29, 1.82) is 0 Å². The fourth-order valence-electron chi connectivity index (χ4n) is 3.16. The van der Waals surface area contributed by atoms with Crippen LogP contribution in [-0.4, -0.2) is 16.6 Å². The van der Waals surface area contributed by atoms with E-state index in [1.165, 1.54) is 17.0 Å². The molecule has 0 aromatic heterocycles. The van der Waals surface area contributed by atoms with Gasteiger partial charge in [0.25, 0.3) is 5.91 Å². The predicted molar refractivity (Wildman–Crippen MR) is 106 cm³/mol. The average molecular weight is 403 g/mol. The number of thiocarbonyl (C=S) groups is 1. The molecule has 1 aliphatic heterocycles. The standard InChI is InChI=1S/C20H16F3N3OS/c1-12-11-15(9-10-16(12)24-4)25-17(27)19(2,3)26(18(25)28)14-7-5-13(6-8-14)20(21,22)23/h5-11H,1-3H3. The van der Waals surface area contributed by atoms with Crippen molar-refractivity contribution < 1.29 is 18.0 Å². The maximum absolute atomic E-state index is 13.1. The highest BCUT2D eigenvalue weighted by Gasteiger charge is 2.50. The number of rotatable bonds is 2. The molecule has 2 aromatic rings. The Balaban J connectivity index is 2.03. The van der Waals surface area contributed by atoms with E-state index in [1.54, 1.807) is 43.9 Å². The molecule has 1 amide bonds. The lowest BCUT2D eigenvalue weighted by molar-refractivity contribution is -0.137. The van der Waals surface area contributed by atoms with Gasteiger partial charge in [0.2, 0.25) is 0 Å². The van der Waals surface area contributed by atoms with E-state index in [2.05, 4.69) is 4.85 Å². The first kappa shape index (κ1) is 19.8. The smallest absolute Gasteiger partial charge is 0.304 e. The third-order valence-electron chi connectivity index (χ3n) is 4.68. The Kier molecular flexibility index (Phi) is 4.68. The van der Waals surface area contributed by atoms with Crippen LogP contribution < -0.4 is 9.80 Å². The van der Waals surface area contributed by atoms with Crippen LogP contribution in [0.3, 0.4) is 0 Å². The molecule has 1 aliphatic rings. The Bertz CT molecular complexity index is 1010. The van der Waals surface area contributed by atoms with Crippen molar-refractivity contribution in [3.63, 3.8) is 0 Å². The number of hydrogen-bond donors (Lipinski definition) is 0. The lowest BCUT2D eigenvalue weighted by Gasteiger charge is -2.29. The van der Waals surface area contributed by atoms with Gasteiger partial charge < -0.3 is 4.90 Å². The number of carbonyl (C=O) groups is 1. The molecule has 0 N–H and O–H groups in total. The van der Waals surface area contributed by atoms with Crippen LogP contribution in [-0.2, 0) is 11.0 Å². The molecule has 0 unspecified atom stereocenters. The Morgan fingerprint density at radius 3 is 2.14 bits per heavy atom. The Hall–Kier alpha value is -2.92. The summed E-state index contributed by atoms with van der Waals surface area (Å²) in [5.41, 5.74) is 0.237. The van der Waals surface area contributed by atoms with Gasteiger partial charge in [-0.25, -0.2) is 4.85 Å². The summed E-state index contributed by atoms with van der Waals surface area (Å²) in [5, 5.41) is 0.171. The van der Waals surface area contributed by atoms with Gasteiger partial charge in [0, 0.05) is 11.4 Å². The summed E-state index contributed by atoms with van der Waals surface area (Å²) in [5.74, 6) is -0.299. The fraction of sp³-hybridized carbons (Fsp3) is 0.250. The second-order valence-corrected chi connectivity index (χ2v) is 7.31. The molecule has 0 radical (unpaired) electrons. The molecule has 0 spiro atoms. The van der Waals surface area contributed by atoms with Crippen LogP contribution in [0, 0.1) is 13.5 Å². The Labute approximate surface area is 166 Å². The van der Waals surface area contributed by atoms with E-state index in [0.29, 0.717) is 22.6 Å². The number of anilines is 2. The van der Waals surface area contributed by atoms with Crippen LogP contribution in [0.15, 0.2) is 42.5 Å². The van der Waals surface area contributed by atoms with Crippen molar-refractivity contribution in [2.45, 2.75) is 32.5 Å². The molecule has 8 heteroatoms. The van der Waals surface area contributed by atoms with Crippen LogP contribution >= 0.6 is 12.2 Å². The number of alkyl halides is 3. The highest BCUT2D eigenvalue weighted by molar-refractivity contribution is 7.81. The van der Waals surface area contributed by atoms with Crippen LogP contribution in [0.1, 0.15) is 25.0 Å². The van der Waals surface area contributed by atoms with Gasteiger partial charge in [0.05, 0.1) is 12.1 Å². The van der Waals surface area contributed by atoms with E-state index < -0.39 is 17.3 Å². The number of halogens is 3. The highest BCUT2D eigenvalue weighted by atomic mass is 32.1.